The molecule has 2 atom stereocenters. The van der Waals surface area contributed by atoms with E-state index < -0.39 is 0 Å². The minimum Gasteiger partial charge on any atom is -0.490 e. The molecule has 0 amide bonds. The number of hydrogen-bond acceptors (Lipinski definition) is 4. The van der Waals surface area contributed by atoms with Gasteiger partial charge in [0.05, 0.1) is 18.8 Å². The molecule has 1 aromatic rings. The molecule has 2 fully saturated rings. The second-order valence-electron chi connectivity index (χ2n) is 5.51. The van der Waals surface area contributed by atoms with Gasteiger partial charge in [0.15, 0.2) is 0 Å². The Morgan fingerprint density at radius 3 is 3.05 bits per heavy atom. The zero-order valence-electron chi connectivity index (χ0n) is 11.4. The van der Waals surface area contributed by atoms with Gasteiger partial charge in [-0.2, -0.15) is 0 Å². The highest BCUT2D eigenvalue weighted by Crippen LogP contribution is 2.34. The molecule has 3 N–H and O–H groups in total. The van der Waals surface area contributed by atoms with Crippen molar-refractivity contribution in [1.82, 2.24) is 0 Å². The second-order valence-corrected chi connectivity index (χ2v) is 5.51. The van der Waals surface area contributed by atoms with Crippen molar-refractivity contribution in [3.8, 4) is 5.75 Å². The first kappa shape index (κ1) is 13.4. The summed E-state index contributed by atoms with van der Waals surface area (Å²) in [5, 5.41) is 7.47. The lowest BCUT2D eigenvalue weighted by atomic mass is 9.91. The summed E-state index contributed by atoms with van der Waals surface area (Å²) in [6.07, 6.45) is 2.82. The average molecular weight is 276 g/mol. The van der Waals surface area contributed by atoms with Gasteiger partial charge in [-0.15, -0.1) is 0 Å². The Kier molecular flexibility index (Phi) is 3.63. The van der Waals surface area contributed by atoms with E-state index in [9.17, 15) is 0 Å². The topological polar surface area (TPSA) is 77.6 Å². The summed E-state index contributed by atoms with van der Waals surface area (Å²) in [7, 11) is 0. The van der Waals surface area contributed by atoms with E-state index in [0.717, 1.165) is 31.6 Å². The van der Waals surface area contributed by atoms with E-state index in [4.69, 9.17) is 25.4 Å². The van der Waals surface area contributed by atoms with Crippen molar-refractivity contribution >= 4 is 5.84 Å². The summed E-state index contributed by atoms with van der Waals surface area (Å²) in [6.45, 7) is 2.15. The lowest BCUT2D eigenvalue weighted by Crippen LogP contribution is -2.44. The van der Waals surface area contributed by atoms with Crippen LogP contribution in [-0.4, -0.2) is 37.4 Å². The summed E-state index contributed by atoms with van der Waals surface area (Å²) in [6, 6.07) is 7.39. The van der Waals surface area contributed by atoms with Gasteiger partial charge < -0.3 is 19.9 Å². The molecule has 2 aliphatic heterocycles. The molecule has 5 nitrogen and oxygen atoms in total. The lowest BCUT2D eigenvalue weighted by molar-refractivity contribution is -0.112. The van der Waals surface area contributed by atoms with Gasteiger partial charge in [-0.25, -0.2) is 0 Å². The summed E-state index contributed by atoms with van der Waals surface area (Å²) >= 11 is 0. The molecular weight excluding hydrogens is 256 g/mol. The number of hydrogen-bond donors (Lipinski definition) is 2. The Balaban J connectivity index is 1.68. The quantitative estimate of drug-likeness (QED) is 0.650. The maximum absolute atomic E-state index is 7.47. The molecule has 3 rings (SSSR count). The van der Waals surface area contributed by atoms with Crippen LogP contribution < -0.4 is 10.5 Å². The molecule has 2 saturated heterocycles. The van der Waals surface area contributed by atoms with Crippen molar-refractivity contribution in [2.45, 2.75) is 31.0 Å². The van der Waals surface area contributed by atoms with Gasteiger partial charge in [0, 0.05) is 31.4 Å². The minimum absolute atomic E-state index is 0.0584. The largest absolute Gasteiger partial charge is 0.490 e. The van der Waals surface area contributed by atoms with E-state index >= 15 is 0 Å². The van der Waals surface area contributed by atoms with Crippen molar-refractivity contribution in [3.63, 3.8) is 0 Å². The summed E-state index contributed by atoms with van der Waals surface area (Å²) < 4.78 is 17.4. The van der Waals surface area contributed by atoms with Gasteiger partial charge in [0.25, 0.3) is 0 Å². The first-order chi connectivity index (χ1) is 9.67. The van der Waals surface area contributed by atoms with Gasteiger partial charge in [-0.1, -0.05) is 12.1 Å². The third kappa shape index (κ3) is 2.78. The van der Waals surface area contributed by atoms with E-state index in [0.29, 0.717) is 18.8 Å². The molecule has 2 unspecified atom stereocenters. The first-order valence-electron chi connectivity index (χ1n) is 7.00. The van der Waals surface area contributed by atoms with Crippen LogP contribution in [-0.2, 0) is 9.47 Å². The highest BCUT2D eigenvalue weighted by molar-refractivity contribution is 5.95. The fourth-order valence-electron chi connectivity index (χ4n) is 2.88. The lowest BCUT2D eigenvalue weighted by Gasteiger charge is -2.37. The number of amidine groups is 1. The standard InChI is InChI=1S/C15H20N2O3/c16-14(17)11-2-1-3-12(8-11)20-13-4-6-19-15(9-13)5-7-18-10-15/h1-3,8,13H,4-7,9-10H2,(H3,16,17). The second kappa shape index (κ2) is 5.42. The fourth-order valence-corrected chi connectivity index (χ4v) is 2.88. The van der Waals surface area contributed by atoms with Crippen molar-refractivity contribution in [3.05, 3.63) is 29.8 Å². The number of nitrogen functional groups attached to an aromatic ring is 1. The highest BCUT2D eigenvalue weighted by atomic mass is 16.6. The Hall–Kier alpha value is -1.59. The molecule has 0 saturated carbocycles. The monoisotopic (exact) mass is 276 g/mol. The highest BCUT2D eigenvalue weighted by Gasteiger charge is 2.41. The van der Waals surface area contributed by atoms with E-state index in [1.54, 1.807) is 0 Å². The molecule has 5 heteroatoms. The van der Waals surface area contributed by atoms with E-state index in [2.05, 4.69) is 0 Å². The van der Waals surface area contributed by atoms with Crippen LogP contribution >= 0.6 is 0 Å². The van der Waals surface area contributed by atoms with Crippen LogP contribution in [0, 0.1) is 5.41 Å². The van der Waals surface area contributed by atoms with Gasteiger partial charge in [0.1, 0.15) is 17.7 Å². The molecule has 0 bridgehead atoms. The molecule has 108 valence electrons. The van der Waals surface area contributed by atoms with Crippen LogP contribution in [0.2, 0.25) is 0 Å². The fraction of sp³-hybridized carbons (Fsp3) is 0.533. The third-order valence-electron chi connectivity index (χ3n) is 3.96. The number of benzene rings is 1. The van der Waals surface area contributed by atoms with Crippen molar-refractivity contribution < 1.29 is 14.2 Å². The predicted octanol–water partition coefficient (Wildman–Crippen LogP) is 1.69. The number of ether oxygens (including phenoxy) is 3. The summed E-state index contributed by atoms with van der Waals surface area (Å²) in [5.41, 5.74) is 6.04. The van der Waals surface area contributed by atoms with E-state index in [-0.39, 0.29) is 17.5 Å². The number of nitrogens with one attached hydrogen (secondary N) is 1. The van der Waals surface area contributed by atoms with E-state index in [1.807, 2.05) is 24.3 Å². The zero-order valence-corrected chi connectivity index (χ0v) is 11.4. The maximum atomic E-state index is 7.47. The van der Waals surface area contributed by atoms with Gasteiger partial charge in [0.2, 0.25) is 0 Å². The van der Waals surface area contributed by atoms with E-state index in [1.165, 1.54) is 0 Å². The number of nitrogens with two attached hydrogens (primary N) is 1. The Morgan fingerprint density at radius 1 is 1.40 bits per heavy atom. The van der Waals surface area contributed by atoms with Crippen LogP contribution in [0.1, 0.15) is 24.8 Å². The molecule has 20 heavy (non-hydrogen) atoms. The smallest absolute Gasteiger partial charge is 0.122 e. The first-order valence-corrected chi connectivity index (χ1v) is 7.00. The average Bonchev–Trinajstić information content (AvgIpc) is 2.87. The maximum Gasteiger partial charge on any atom is 0.122 e. The van der Waals surface area contributed by atoms with Crippen LogP contribution in [0.25, 0.3) is 0 Å². The number of rotatable bonds is 3. The molecule has 2 aliphatic rings. The van der Waals surface area contributed by atoms with Crippen molar-refractivity contribution in [2.75, 3.05) is 19.8 Å². The normalized spacial score (nSPS) is 29.5. The van der Waals surface area contributed by atoms with Gasteiger partial charge in [-0.3, -0.25) is 5.41 Å². The van der Waals surface area contributed by atoms with Crippen LogP contribution in [0.15, 0.2) is 24.3 Å². The summed E-state index contributed by atoms with van der Waals surface area (Å²) in [5.74, 6) is 0.821. The molecule has 1 spiro atoms. The predicted molar refractivity (Wildman–Crippen MR) is 75.2 cm³/mol. The Morgan fingerprint density at radius 2 is 2.30 bits per heavy atom. The van der Waals surface area contributed by atoms with Gasteiger partial charge in [-0.05, 0) is 12.1 Å². The summed E-state index contributed by atoms with van der Waals surface area (Å²) in [4.78, 5) is 0. The zero-order chi connectivity index (χ0) is 14.0. The molecule has 1 aromatic carbocycles. The molecule has 0 aromatic heterocycles. The third-order valence-corrected chi connectivity index (χ3v) is 3.96. The molecule has 2 heterocycles. The molecule has 0 radical (unpaired) electrons. The molecular formula is C15H20N2O3. The minimum atomic E-state index is -0.152. The molecule has 0 aliphatic carbocycles. The Labute approximate surface area is 118 Å². The van der Waals surface area contributed by atoms with Crippen LogP contribution in [0.5, 0.6) is 5.75 Å². The van der Waals surface area contributed by atoms with Crippen LogP contribution in [0.3, 0.4) is 0 Å². The van der Waals surface area contributed by atoms with Crippen molar-refractivity contribution in [1.29, 1.82) is 5.41 Å². The van der Waals surface area contributed by atoms with Gasteiger partial charge >= 0.3 is 0 Å². The Bertz CT molecular complexity index is 498. The SMILES string of the molecule is N=C(N)c1cccc(OC2CCOC3(CCOC3)C2)c1. The van der Waals surface area contributed by atoms with Crippen LogP contribution in [0.4, 0.5) is 0 Å². The van der Waals surface area contributed by atoms with Crippen molar-refractivity contribution in [2.24, 2.45) is 5.73 Å².